The highest BCUT2D eigenvalue weighted by Crippen LogP contribution is 2.32. The summed E-state index contributed by atoms with van der Waals surface area (Å²) in [6, 6.07) is 6.45. The molecule has 0 unspecified atom stereocenters. The molecule has 0 aromatic heterocycles. The van der Waals surface area contributed by atoms with Crippen LogP contribution < -0.4 is 9.68 Å². The van der Waals surface area contributed by atoms with Crippen LogP contribution >= 0.6 is 0 Å². The lowest BCUT2D eigenvalue weighted by Gasteiger charge is -2.11. The van der Waals surface area contributed by atoms with Crippen LogP contribution in [0.3, 0.4) is 0 Å². The molecule has 0 radical (unpaired) electrons. The summed E-state index contributed by atoms with van der Waals surface area (Å²) in [5.41, 5.74) is 0.107. The molecule has 2 aromatic carbocycles. The van der Waals surface area contributed by atoms with Crippen molar-refractivity contribution in [3.05, 3.63) is 76.9 Å². The average Bonchev–Trinajstić information content (AvgIpc) is 2.96. The normalized spacial score (nSPS) is 14.7. The van der Waals surface area contributed by atoms with Gasteiger partial charge in [0.05, 0.1) is 43.2 Å². The van der Waals surface area contributed by atoms with E-state index in [0.29, 0.717) is 0 Å². The monoisotopic (exact) mass is 558 g/mol. The van der Waals surface area contributed by atoms with Crippen LogP contribution in [0.5, 0.6) is 11.5 Å². The molecule has 0 heterocycles. The zero-order valence-corrected chi connectivity index (χ0v) is 21.3. The van der Waals surface area contributed by atoms with E-state index in [-0.39, 0.29) is 22.9 Å². The van der Waals surface area contributed by atoms with Crippen molar-refractivity contribution >= 4 is 34.2 Å². The van der Waals surface area contributed by atoms with Gasteiger partial charge >= 0.3 is 11.4 Å². The van der Waals surface area contributed by atoms with Crippen molar-refractivity contribution < 1.29 is 29.4 Å². The van der Waals surface area contributed by atoms with Crippen LogP contribution in [0.4, 0.5) is 22.7 Å². The van der Waals surface area contributed by atoms with E-state index in [1.54, 1.807) is 0 Å². The number of hydrogen-bond acceptors (Lipinski definition) is 12. The average molecular weight is 559 g/mol. The smallest absolute Gasteiger partial charge is 0.321 e. The van der Waals surface area contributed by atoms with Crippen molar-refractivity contribution in [1.82, 2.24) is 0 Å². The first kappa shape index (κ1) is 29.5. The summed E-state index contributed by atoms with van der Waals surface area (Å²) < 4.78 is 0. The minimum absolute atomic E-state index is 0.0846. The second-order valence-electron chi connectivity index (χ2n) is 8.95. The zero-order chi connectivity index (χ0) is 29.1. The molecule has 0 amide bonds. The van der Waals surface area contributed by atoms with E-state index in [9.17, 15) is 40.5 Å². The molecule has 0 atom stereocenters. The Bertz CT molecular complexity index is 1230. The third-order valence-corrected chi connectivity index (χ3v) is 6.11. The van der Waals surface area contributed by atoms with Gasteiger partial charge in [-0.25, -0.2) is 0 Å². The van der Waals surface area contributed by atoms with Crippen LogP contribution in [0.2, 0.25) is 0 Å². The van der Waals surface area contributed by atoms with Crippen LogP contribution in [0.25, 0.3) is 0 Å². The largest absolute Gasteiger partial charge is 0.350 e. The number of nitro groups is 4. The van der Waals surface area contributed by atoms with Gasteiger partial charge in [0.25, 0.3) is 11.4 Å². The molecule has 2 aliphatic carbocycles. The van der Waals surface area contributed by atoms with E-state index in [0.717, 1.165) is 99.9 Å². The highest BCUT2D eigenvalue weighted by atomic mass is 16.7. The quantitative estimate of drug-likeness (QED) is 0.256. The molecule has 2 aliphatic rings. The van der Waals surface area contributed by atoms with E-state index in [2.05, 4.69) is 10.3 Å². The number of hydrogen-bond donors (Lipinski definition) is 0. The standard InChI is InChI=1S/2C12H13N3O5/c2*16-14(17)10-6-7-12(11(8-10)15(18)19)20-13-9-4-2-1-3-5-9/h2*6-8H,1-5H2. The molecule has 16 nitrogen and oxygen atoms in total. The number of non-ortho nitro benzene ring substituents is 2. The maximum Gasteiger partial charge on any atom is 0.321 e. The fourth-order valence-electron chi connectivity index (χ4n) is 4.01. The second kappa shape index (κ2) is 14.2. The number of oxime groups is 2. The fourth-order valence-corrected chi connectivity index (χ4v) is 4.01. The van der Waals surface area contributed by atoms with Gasteiger partial charge in [-0.15, -0.1) is 0 Å². The van der Waals surface area contributed by atoms with Gasteiger partial charge in [0.15, 0.2) is 0 Å². The third kappa shape index (κ3) is 8.50. The topological polar surface area (TPSA) is 216 Å². The van der Waals surface area contributed by atoms with Gasteiger partial charge < -0.3 is 9.68 Å². The number of nitrogens with zero attached hydrogens (tertiary/aromatic N) is 6. The molecule has 0 spiro atoms. The van der Waals surface area contributed by atoms with Crippen LogP contribution in [0.15, 0.2) is 46.7 Å². The predicted octanol–water partition coefficient (Wildman–Crippen LogP) is 6.40. The predicted molar refractivity (Wildman–Crippen MR) is 142 cm³/mol. The molecule has 212 valence electrons. The summed E-state index contributed by atoms with van der Waals surface area (Å²) >= 11 is 0. The Balaban J connectivity index is 0.000000220. The fraction of sp³-hybridized carbons (Fsp3) is 0.417. The van der Waals surface area contributed by atoms with Crippen molar-refractivity contribution in [3.8, 4) is 11.5 Å². The summed E-state index contributed by atoms with van der Waals surface area (Å²) in [6.07, 6.45) is 9.71. The van der Waals surface area contributed by atoms with Crippen LogP contribution in [0, 0.1) is 40.5 Å². The van der Waals surface area contributed by atoms with Gasteiger partial charge in [0.2, 0.25) is 11.5 Å². The maximum absolute atomic E-state index is 10.9. The summed E-state index contributed by atoms with van der Waals surface area (Å²) in [5, 5.41) is 50.8. The SMILES string of the molecule is O=[N+]([O-])c1ccc(ON=C2CCCCC2)c([N+](=O)[O-])c1.O=[N+]([O-])c1ccc(ON=C2CCCCC2)c([N+](=O)[O-])c1. The molecular formula is C24H26N6O10. The Morgan fingerprint density at radius 1 is 0.525 bits per heavy atom. The Morgan fingerprint density at radius 2 is 0.875 bits per heavy atom. The van der Waals surface area contributed by atoms with Crippen LogP contribution in [-0.2, 0) is 0 Å². The molecule has 4 rings (SSSR count). The van der Waals surface area contributed by atoms with Gasteiger partial charge in [-0.3, -0.25) is 40.5 Å². The van der Waals surface area contributed by atoms with Crippen LogP contribution in [0.1, 0.15) is 64.2 Å². The van der Waals surface area contributed by atoms with E-state index < -0.39 is 31.1 Å². The zero-order valence-electron chi connectivity index (χ0n) is 21.3. The molecule has 0 bridgehead atoms. The lowest BCUT2D eigenvalue weighted by atomic mass is 9.99. The summed E-state index contributed by atoms with van der Waals surface area (Å²) in [7, 11) is 0. The molecule has 0 aliphatic heterocycles. The van der Waals surface area contributed by atoms with Crippen molar-refractivity contribution in [2.24, 2.45) is 10.3 Å². The van der Waals surface area contributed by atoms with Gasteiger partial charge in [-0.2, -0.15) is 0 Å². The van der Waals surface area contributed by atoms with Gasteiger partial charge in [-0.1, -0.05) is 23.2 Å². The van der Waals surface area contributed by atoms with Crippen molar-refractivity contribution in [1.29, 1.82) is 0 Å². The molecule has 2 saturated carbocycles. The molecule has 0 saturated heterocycles. The Kier molecular flexibility index (Phi) is 10.5. The first-order valence-corrected chi connectivity index (χ1v) is 12.5. The van der Waals surface area contributed by atoms with Crippen molar-refractivity contribution in [3.63, 3.8) is 0 Å². The third-order valence-electron chi connectivity index (χ3n) is 6.11. The molecule has 40 heavy (non-hydrogen) atoms. The van der Waals surface area contributed by atoms with Gasteiger partial charge in [-0.05, 0) is 63.5 Å². The summed E-state index contributed by atoms with van der Waals surface area (Å²) in [6.45, 7) is 0. The highest BCUT2D eigenvalue weighted by Gasteiger charge is 2.22. The Labute approximate surface area is 226 Å². The maximum atomic E-state index is 10.9. The number of nitro benzene ring substituents is 4. The molecular weight excluding hydrogens is 532 g/mol. The molecule has 2 aromatic rings. The Morgan fingerprint density at radius 3 is 1.18 bits per heavy atom. The summed E-state index contributed by atoms with van der Waals surface area (Å²) in [5.74, 6) is -0.169. The highest BCUT2D eigenvalue weighted by molar-refractivity contribution is 5.85. The minimum Gasteiger partial charge on any atom is -0.350 e. The Hall–Kier alpha value is -5.02. The van der Waals surface area contributed by atoms with E-state index in [4.69, 9.17) is 9.68 Å². The van der Waals surface area contributed by atoms with Crippen molar-refractivity contribution in [2.75, 3.05) is 0 Å². The minimum atomic E-state index is -0.719. The van der Waals surface area contributed by atoms with E-state index >= 15 is 0 Å². The van der Waals surface area contributed by atoms with Gasteiger partial charge in [0, 0.05) is 12.1 Å². The van der Waals surface area contributed by atoms with Crippen molar-refractivity contribution in [2.45, 2.75) is 64.2 Å². The second-order valence-corrected chi connectivity index (χ2v) is 8.95. The molecule has 16 heteroatoms. The molecule has 2 fully saturated rings. The first-order chi connectivity index (χ1) is 19.2. The summed E-state index contributed by atoms with van der Waals surface area (Å²) in [4.78, 5) is 50.4. The number of benzene rings is 2. The number of rotatable bonds is 8. The van der Waals surface area contributed by atoms with Gasteiger partial charge in [0.1, 0.15) is 0 Å². The van der Waals surface area contributed by atoms with E-state index in [1.807, 2.05) is 0 Å². The van der Waals surface area contributed by atoms with E-state index in [1.165, 1.54) is 12.1 Å². The molecule has 0 N–H and O–H groups in total. The first-order valence-electron chi connectivity index (χ1n) is 12.5. The lowest BCUT2D eigenvalue weighted by molar-refractivity contribution is -0.395. The van der Waals surface area contributed by atoms with Crippen LogP contribution in [-0.4, -0.2) is 31.1 Å². The lowest BCUT2D eigenvalue weighted by Crippen LogP contribution is -2.06.